The minimum absolute atomic E-state index is 0.0470. The molecule has 0 aromatic heterocycles. The molecule has 25 heavy (non-hydrogen) atoms. The summed E-state index contributed by atoms with van der Waals surface area (Å²) in [7, 11) is -3.21. The van der Waals surface area contributed by atoms with Gasteiger partial charge in [0, 0.05) is 12.8 Å². The largest absolute Gasteiger partial charge is 0.348 e. The molecule has 2 atom stereocenters. The van der Waals surface area contributed by atoms with Crippen LogP contribution in [0.15, 0.2) is 53.4 Å². The van der Waals surface area contributed by atoms with Crippen LogP contribution >= 0.6 is 0 Å². The van der Waals surface area contributed by atoms with Gasteiger partial charge in [-0.2, -0.15) is 0 Å². The minimum atomic E-state index is -3.21. The first-order valence-corrected chi connectivity index (χ1v) is 10.1. The van der Waals surface area contributed by atoms with E-state index in [0.29, 0.717) is 13.0 Å². The quantitative estimate of drug-likeness (QED) is 0.876. The van der Waals surface area contributed by atoms with Crippen LogP contribution in [0.25, 0.3) is 0 Å². The number of carbonyl (C=O) groups excluding carboxylic acids is 1. The van der Waals surface area contributed by atoms with Crippen molar-refractivity contribution in [2.45, 2.75) is 36.9 Å². The Morgan fingerprint density at radius 1 is 1.12 bits per heavy atom. The van der Waals surface area contributed by atoms with Gasteiger partial charge in [0.2, 0.25) is 5.91 Å². The van der Waals surface area contributed by atoms with Crippen LogP contribution in [-0.4, -0.2) is 26.6 Å². The smallest absolute Gasteiger partial charge is 0.237 e. The van der Waals surface area contributed by atoms with E-state index in [9.17, 15) is 13.2 Å². The number of hydrogen-bond acceptors (Lipinski definition) is 4. The van der Waals surface area contributed by atoms with Crippen molar-refractivity contribution in [3.05, 3.63) is 65.2 Å². The minimum Gasteiger partial charge on any atom is -0.348 e. The van der Waals surface area contributed by atoms with Gasteiger partial charge in [-0.25, -0.2) is 8.42 Å². The number of sulfone groups is 1. The summed E-state index contributed by atoms with van der Waals surface area (Å²) in [5.74, 6) is -0.0470. The summed E-state index contributed by atoms with van der Waals surface area (Å²) in [5, 5.41) is 6.27. The number of amides is 1. The second-order valence-corrected chi connectivity index (χ2v) is 8.49. The van der Waals surface area contributed by atoms with Gasteiger partial charge in [-0.15, -0.1) is 0 Å². The summed E-state index contributed by atoms with van der Waals surface area (Å²) in [5.41, 5.74) is 3.31. The van der Waals surface area contributed by atoms with Crippen molar-refractivity contribution in [2.24, 2.45) is 0 Å². The first-order chi connectivity index (χ1) is 11.8. The van der Waals surface area contributed by atoms with Gasteiger partial charge in [0.05, 0.1) is 17.0 Å². The molecule has 3 rings (SSSR count). The third-order valence-electron chi connectivity index (χ3n) is 4.56. The second-order valence-electron chi connectivity index (χ2n) is 6.48. The summed E-state index contributed by atoms with van der Waals surface area (Å²) >= 11 is 0. The highest BCUT2D eigenvalue weighted by atomic mass is 32.2. The molecule has 0 aliphatic carbocycles. The average Bonchev–Trinajstić information content (AvgIpc) is 2.60. The van der Waals surface area contributed by atoms with Gasteiger partial charge in [0.25, 0.3) is 0 Å². The fourth-order valence-electron chi connectivity index (χ4n) is 3.04. The number of benzene rings is 2. The molecule has 2 N–H and O–H groups in total. The monoisotopic (exact) mass is 358 g/mol. The van der Waals surface area contributed by atoms with Gasteiger partial charge in [0.1, 0.15) is 0 Å². The third-order valence-corrected chi connectivity index (χ3v) is 5.69. The van der Waals surface area contributed by atoms with Gasteiger partial charge < -0.3 is 10.6 Å². The molecular formula is C19H22N2O3S. The van der Waals surface area contributed by atoms with Gasteiger partial charge >= 0.3 is 0 Å². The highest BCUT2D eigenvalue weighted by molar-refractivity contribution is 7.90. The van der Waals surface area contributed by atoms with Gasteiger partial charge in [-0.3, -0.25) is 4.79 Å². The Balaban J connectivity index is 1.65. The Labute approximate surface area is 148 Å². The van der Waals surface area contributed by atoms with Crippen molar-refractivity contribution in [3.8, 4) is 0 Å². The zero-order valence-corrected chi connectivity index (χ0v) is 15.1. The molecule has 0 saturated carbocycles. The van der Waals surface area contributed by atoms with Crippen LogP contribution in [0.1, 0.15) is 29.7 Å². The van der Waals surface area contributed by atoms with Crippen LogP contribution in [0.2, 0.25) is 0 Å². The van der Waals surface area contributed by atoms with E-state index < -0.39 is 9.84 Å². The molecule has 2 aromatic carbocycles. The molecule has 1 aliphatic rings. The van der Waals surface area contributed by atoms with Crippen molar-refractivity contribution in [1.29, 1.82) is 0 Å². The normalized spacial score (nSPS) is 18.2. The Kier molecular flexibility index (Phi) is 4.92. The van der Waals surface area contributed by atoms with E-state index in [1.54, 1.807) is 24.3 Å². The number of rotatable bonds is 4. The molecule has 5 nitrogen and oxygen atoms in total. The second kappa shape index (κ2) is 6.98. The molecular weight excluding hydrogens is 336 g/mol. The molecule has 0 radical (unpaired) electrons. The lowest BCUT2D eigenvalue weighted by Gasteiger charge is -2.26. The Morgan fingerprint density at radius 2 is 1.76 bits per heavy atom. The molecule has 6 heteroatoms. The summed E-state index contributed by atoms with van der Waals surface area (Å²) in [6, 6.07) is 14.3. The van der Waals surface area contributed by atoms with Crippen molar-refractivity contribution in [3.63, 3.8) is 0 Å². The molecule has 1 aliphatic heterocycles. The molecule has 0 saturated heterocycles. The van der Waals surface area contributed by atoms with Crippen LogP contribution in [-0.2, 0) is 27.6 Å². The summed E-state index contributed by atoms with van der Waals surface area (Å²) in [6.45, 7) is 2.58. The predicted molar refractivity (Wildman–Crippen MR) is 96.9 cm³/mol. The van der Waals surface area contributed by atoms with Gasteiger partial charge in [-0.05, 0) is 42.2 Å². The zero-order chi connectivity index (χ0) is 18.0. The van der Waals surface area contributed by atoms with Crippen LogP contribution in [0.5, 0.6) is 0 Å². The van der Waals surface area contributed by atoms with Crippen LogP contribution in [0.3, 0.4) is 0 Å². The predicted octanol–water partition coefficient (Wildman–Crippen LogP) is 1.98. The maximum absolute atomic E-state index is 12.5. The number of fused-ring (bicyclic) bond motifs is 1. The molecule has 0 spiro atoms. The molecule has 1 amide bonds. The summed E-state index contributed by atoms with van der Waals surface area (Å²) in [4.78, 5) is 12.8. The first kappa shape index (κ1) is 17.6. The van der Waals surface area contributed by atoms with E-state index >= 15 is 0 Å². The lowest BCUT2D eigenvalue weighted by molar-refractivity contribution is -0.124. The SMILES string of the molecule is CC(NC(=O)C1Cc2ccccc2CN1)c1ccc(S(C)(=O)=O)cc1. The number of carbonyl (C=O) groups is 1. The summed E-state index contributed by atoms with van der Waals surface area (Å²) in [6.07, 6.45) is 1.85. The van der Waals surface area contributed by atoms with Crippen molar-refractivity contribution in [1.82, 2.24) is 10.6 Å². The maximum atomic E-state index is 12.5. The van der Waals surface area contributed by atoms with E-state index in [0.717, 1.165) is 5.56 Å². The Hall–Kier alpha value is -2.18. The first-order valence-electron chi connectivity index (χ1n) is 8.25. The Morgan fingerprint density at radius 3 is 2.40 bits per heavy atom. The van der Waals surface area contributed by atoms with Crippen LogP contribution in [0.4, 0.5) is 0 Å². The standard InChI is InChI=1S/C19H22N2O3S/c1-13(14-7-9-17(10-8-14)25(2,23)24)21-19(22)18-11-15-5-3-4-6-16(15)12-20-18/h3-10,13,18,20H,11-12H2,1-2H3,(H,21,22). The molecule has 0 bridgehead atoms. The van der Waals surface area contributed by atoms with E-state index in [1.165, 1.54) is 17.4 Å². The maximum Gasteiger partial charge on any atom is 0.237 e. The summed E-state index contributed by atoms with van der Waals surface area (Å²) < 4.78 is 23.0. The van der Waals surface area contributed by atoms with Crippen LogP contribution in [0, 0.1) is 0 Å². The van der Waals surface area contributed by atoms with Crippen molar-refractivity contribution >= 4 is 15.7 Å². The number of hydrogen-bond donors (Lipinski definition) is 2. The van der Waals surface area contributed by atoms with Crippen molar-refractivity contribution < 1.29 is 13.2 Å². The van der Waals surface area contributed by atoms with Crippen LogP contribution < -0.4 is 10.6 Å². The van der Waals surface area contributed by atoms with Gasteiger partial charge in [0.15, 0.2) is 9.84 Å². The van der Waals surface area contributed by atoms with E-state index in [2.05, 4.69) is 22.8 Å². The van der Waals surface area contributed by atoms with E-state index in [1.807, 2.05) is 19.1 Å². The Bertz CT molecular complexity index is 876. The lowest BCUT2D eigenvalue weighted by atomic mass is 9.95. The molecule has 0 fully saturated rings. The van der Waals surface area contributed by atoms with Crippen molar-refractivity contribution in [2.75, 3.05) is 6.26 Å². The van der Waals surface area contributed by atoms with E-state index in [-0.39, 0.29) is 22.9 Å². The molecule has 132 valence electrons. The third kappa shape index (κ3) is 4.08. The molecule has 2 unspecified atom stereocenters. The lowest BCUT2D eigenvalue weighted by Crippen LogP contribution is -2.48. The fraction of sp³-hybridized carbons (Fsp3) is 0.316. The molecule has 1 heterocycles. The highest BCUT2D eigenvalue weighted by Crippen LogP contribution is 2.19. The highest BCUT2D eigenvalue weighted by Gasteiger charge is 2.25. The average molecular weight is 358 g/mol. The fourth-order valence-corrected chi connectivity index (χ4v) is 3.67. The number of nitrogens with one attached hydrogen (secondary N) is 2. The van der Waals surface area contributed by atoms with E-state index in [4.69, 9.17) is 0 Å². The van der Waals surface area contributed by atoms with Gasteiger partial charge in [-0.1, -0.05) is 36.4 Å². The molecule has 2 aromatic rings. The zero-order valence-electron chi connectivity index (χ0n) is 14.3. The topological polar surface area (TPSA) is 75.3 Å².